The lowest BCUT2D eigenvalue weighted by Gasteiger charge is -2.43. The highest BCUT2D eigenvalue weighted by Gasteiger charge is 2.33. The minimum atomic E-state index is 0.460. The molecule has 2 aliphatic rings. The highest BCUT2D eigenvalue weighted by Crippen LogP contribution is 2.28. The summed E-state index contributed by atoms with van der Waals surface area (Å²) in [5, 5.41) is 3.58. The van der Waals surface area contributed by atoms with Gasteiger partial charge in [-0.05, 0) is 31.3 Å². The Kier molecular flexibility index (Phi) is 4.45. The maximum Gasteiger partial charge on any atom is 0.0730 e. The normalized spacial score (nSPS) is 30.5. The smallest absolute Gasteiger partial charge is 0.0730 e. The first-order valence-corrected chi connectivity index (χ1v) is 6.28. The molecule has 1 heterocycles. The van der Waals surface area contributed by atoms with Crippen LogP contribution in [-0.4, -0.2) is 43.3 Å². The van der Waals surface area contributed by atoms with Crippen LogP contribution in [0.2, 0.25) is 0 Å². The van der Waals surface area contributed by atoms with Gasteiger partial charge in [0, 0.05) is 24.0 Å². The van der Waals surface area contributed by atoms with E-state index in [1.54, 1.807) is 0 Å². The summed E-state index contributed by atoms with van der Waals surface area (Å²) in [6.45, 7) is 3.56. The van der Waals surface area contributed by atoms with E-state index in [1.807, 2.05) is 0 Å². The third-order valence-electron chi connectivity index (χ3n) is 3.61. The van der Waals surface area contributed by atoms with E-state index in [2.05, 4.69) is 14.9 Å². The van der Waals surface area contributed by atoms with Crippen LogP contribution in [0.5, 0.6) is 0 Å². The second-order valence-electron chi connectivity index (χ2n) is 4.61. The monoisotopic (exact) mass is 224 g/mol. The van der Waals surface area contributed by atoms with E-state index in [4.69, 9.17) is 10.3 Å². The first kappa shape index (κ1) is 11.7. The van der Waals surface area contributed by atoms with Crippen LogP contribution in [0, 0.1) is 0 Å². The topological polar surface area (TPSA) is 61.2 Å². The zero-order valence-corrected chi connectivity index (χ0v) is 9.72. The second-order valence-corrected chi connectivity index (χ2v) is 4.61. The van der Waals surface area contributed by atoms with Gasteiger partial charge in [0.1, 0.15) is 0 Å². The number of hydrogen-bond donors (Lipinski definition) is 0. The van der Waals surface area contributed by atoms with Crippen LogP contribution < -0.4 is 0 Å². The zero-order valence-electron chi connectivity index (χ0n) is 9.72. The minimum Gasteiger partial charge on any atom is -0.375 e. The lowest BCUT2D eigenvalue weighted by molar-refractivity contribution is -0.0879. The van der Waals surface area contributed by atoms with Crippen LogP contribution in [0.1, 0.15) is 32.1 Å². The van der Waals surface area contributed by atoms with Crippen molar-refractivity contribution in [2.75, 3.05) is 26.2 Å². The van der Waals surface area contributed by atoms with Crippen molar-refractivity contribution in [2.24, 2.45) is 5.11 Å². The van der Waals surface area contributed by atoms with E-state index in [0.29, 0.717) is 18.7 Å². The van der Waals surface area contributed by atoms with Crippen molar-refractivity contribution in [3.05, 3.63) is 10.4 Å². The molecular weight excluding hydrogens is 204 g/mol. The minimum absolute atomic E-state index is 0.460. The van der Waals surface area contributed by atoms with Gasteiger partial charge in [-0.2, -0.15) is 0 Å². The van der Waals surface area contributed by atoms with Gasteiger partial charge >= 0.3 is 0 Å². The van der Waals surface area contributed by atoms with Crippen LogP contribution in [-0.2, 0) is 4.74 Å². The van der Waals surface area contributed by atoms with Crippen LogP contribution >= 0.6 is 0 Å². The first-order valence-electron chi connectivity index (χ1n) is 6.28. The average Bonchev–Trinajstić information content (AvgIpc) is 2.35. The van der Waals surface area contributed by atoms with Crippen LogP contribution in [0.15, 0.2) is 5.11 Å². The van der Waals surface area contributed by atoms with Gasteiger partial charge in [-0.3, -0.25) is 4.90 Å². The summed E-state index contributed by atoms with van der Waals surface area (Å²) in [5.41, 5.74) is 8.22. The van der Waals surface area contributed by atoms with Gasteiger partial charge in [0.2, 0.25) is 0 Å². The molecule has 2 atom stereocenters. The van der Waals surface area contributed by atoms with Gasteiger partial charge in [0.05, 0.1) is 12.7 Å². The van der Waals surface area contributed by atoms with Crippen LogP contribution in [0.4, 0.5) is 0 Å². The van der Waals surface area contributed by atoms with Gasteiger partial charge in [0.25, 0.3) is 0 Å². The predicted octanol–water partition coefficient (Wildman–Crippen LogP) is 2.33. The summed E-state index contributed by atoms with van der Waals surface area (Å²) in [4.78, 5) is 5.31. The van der Waals surface area contributed by atoms with Crippen molar-refractivity contribution < 1.29 is 4.74 Å². The molecule has 2 unspecified atom stereocenters. The molecule has 0 amide bonds. The Morgan fingerprint density at radius 2 is 2.25 bits per heavy atom. The zero-order chi connectivity index (χ0) is 11.2. The summed E-state index contributed by atoms with van der Waals surface area (Å²) in [6, 6.07) is 0.619. The van der Waals surface area contributed by atoms with Crippen molar-refractivity contribution >= 4 is 0 Å². The molecule has 0 N–H and O–H groups in total. The molecule has 1 saturated carbocycles. The summed E-state index contributed by atoms with van der Waals surface area (Å²) in [7, 11) is 0. The number of azide groups is 1. The van der Waals surface area contributed by atoms with Gasteiger partial charge in [0.15, 0.2) is 0 Å². The molecule has 2 rings (SSSR count). The molecule has 1 aliphatic heterocycles. The summed E-state index contributed by atoms with van der Waals surface area (Å²) in [6.07, 6.45) is 6.56. The highest BCUT2D eigenvalue weighted by molar-refractivity contribution is 4.87. The Labute approximate surface area is 96.4 Å². The highest BCUT2D eigenvalue weighted by atomic mass is 16.5. The third-order valence-corrected chi connectivity index (χ3v) is 3.61. The second kappa shape index (κ2) is 6.09. The fourth-order valence-corrected chi connectivity index (χ4v) is 2.84. The standard InChI is InChI=1S/C11H20N4O/c12-14-13-6-3-7-15-8-9-16-11-5-2-1-4-10(11)15/h10-11H,1-9H2. The molecular formula is C11H20N4O. The van der Waals surface area contributed by atoms with Crippen molar-refractivity contribution in [1.29, 1.82) is 0 Å². The molecule has 2 fully saturated rings. The SMILES string of the molecule is [N-]=[N+]=NCCCN1CCOC2CCCCC21. The van der Waals surface area contributed by atoms with E-state index >= 15 is 0 Å². The Morgan fingerprint density at radius 3 is 3.12 bits per heavy atom. The number of ether oxygens (including phenoxy) is 1. The Balaban J connectivity index is 1.80. The molecule has 5 heteroatoms. The number of morpholine rings is 1. The number of fused-ring (bicyclic) bond motifs is 1. The largest absolute Gasteiger partial charge is 0.375 e. The summed E-state index contributed by atoms with van der Waals surface area (Å²) < 4.78 is 5.82. The Hall–Kier alpha value is -0.770. The molecule has 0 radical (unpaired) electrons. The predicted molar refractivity (Wildman–Crippen MR) is 62.2 cm³/mol. The van der Waals surface area contributed by atoms with Crippen LogP contribution in [0.3, 0.4) is 0 Å². The quantitative estimate of drug-likeness (QED) is 0.318. The van der Waals surface area contributed by atoms with Gasteiger partial charge in [-0.25, -0.2) is 0 Å². The molecule has 5 nitrogen and oxygen atoms in total. The molecule has 0 aromatic rings. The molecule has 1 aliphatic carbocycles. The van der Waals surface area contributed by atoms with Gasteiger partial charge in [-0.15, -0.1) is 0 Å². The Morgan fingerprint density at radius 1 is 1.38 bits per heavy atom. The van der Waals surface area contributed by atoms with Crippen molar-refractivity contribution in [3.63, 3.8) is 0 Å². The van der Waals surface area contributed by atoms with Crippen molar-refractivity contribution in [2.45, 2.75) is 44.2 Å². The van der Waals surface area contributed by atoms with Gasteiger partial charge in [-0.1, -0.05) is 18.0 Å². The maximum absolute atomic E-state index is 8.22. The van der Waals surface area contributed by atoms with Crippen molar-refractivity contribution in [1.82, 2.24) is 4.90 Å². The summed E-state index contributed by atoms with van der Waals surface area (Å²) in [5.74, 6) is 0. The molecule has 1 saturated heterocycles. The molecule has 0 aromatic carbocycles. The average molecular weight is 224 g/mol. The molecule has 0 aromatic heterocycles. The lowest BCUT2D eigenvalue weighted by Crippen LogP contribution is -2.52. The molecule has 0 spiro atoms. The maximum atomic E-state index is 8.22. The first-order chi connectivity index (χ1) is 7.92. The van der Waals surface area contributed by atoms with E-state index in [1.165, 1.54) is 25.7 Å². The number of hydrogen-bond acceptors (Lipinski definition) is 3. The molecule has 90 valence electrons. The van der Waals surface area contributed by atoms with Gasteiger partial charge < -0.3 is 4.74 Å². The van der Waals surface area contributed by atoms with Crippen molar-refractivity contribution in [3.8, 4) is 0 Å². The van der Waals surface area contributed by atoms with E-state index < -0.39 is 0 Å². The number of rotatable bonds is 4. The van der Waals surface area contributed by atoms with Crippen LogP contribution in [0.25, 0.3) is 10.4 Å². The Bertz CT molecular complexity index is 263. The van der Waals surface area contributed by atoms with E-state index in [0.717, 1.165) is 26.1 Å². The molecule has 16 heavy (non-hydrogen) atoms. The fourth-order valence-electron chi connectivity index (χ4n) is 2.84. The molecule has 0 bridgehead atoms. The summed E-state index contributed by atoms with van der Waals surface area (Å²) >= 11 is 0. The third kappa shape index (κ3) is 2.88. The van der Waals surface area contributed by atoms with E-state index in [9.17, 15) is 0 Å². The fraction of sp³-hybridized carbons (Fsp3) is 1.00. The number of nitrogens with zero attached hydrogens (tertiary/aromatic N) is 4. The van der Waals surface area contributed by atoms with E-state index in [-0.39, 0.29) is 0 Å². The lowest BCUT2D eigenvalue weighted by atomic mass is 9.90.